The molecule has 1 unspecified atom stereocenters. The van der Waals surface area contributed by atoms with E-state index >= 15 is 0 Å². The first-order valence-electron chi connectivity index (χ1n) is 9.99. The average Bonchev–Trinajstić information content (AvgIpc) is 3.03. The van der Waals surface area contributed by atoms with Gasteiger partial charge in [-0.05, 0) is 24.3 Å². The number of halogens is 3. The molecule has 0 spiro atoms. The maximum Gasteiger partial charge on any atom is 0.433 e. The second-order valence-corrected chi connectivity index (χ2v) is 8.75. The van der Waals surface area contributed by atoms with E-state index in [2.05, 4.69) is 27.9 Å². The molecule has 1 aliphatic heterocycles. The first kappa shape index (κ1) is 23.2. The summed E-state index contributed by atoms with van der Waals surface area (Å²) in [4.78, 5) is 23.9. The topological polar surface area (TPSA) is 54.3 Å². The lowest BCUT2D eigenvalue weighted by Gasteiger charge is -2.35. The van der Waals surface area contributed by atoms with Crippen LogP contribution in [0.1, 0.15) is 37.3 Å². The minimum atomic E-state index is -4.51. The molecule has 3 rings (SSSR count). The molecule has 0 fully saturated rings. The zero-order chi connectivity index (χ0) is 22.8. The van der Waals surface area contributed by atoms with Crippen LogP contribution in [-0.2, 0) is 18.0 Å². The van der Waals surface area contributed by atoms with Gasteiger partial charge in [-0.2, -0.15) is 13.2 Å². The maximum atomic E-state index is 13.1. The molecular weight excluding hydrogens is 427 g/mol. The molecule has 0 N–H and O–H groups in total. The number of hydrogen-bond donors (Lipinski definition) is 0. The van der Waals surface area contributed by atoms with Gasteiger partial charge >= 0.3 is 6.18 Å². The number of thioether (sulfide) groups is 1. The molecule has 0 radical (unpaired) electrons. The van der Waals surface area contributed by atoms with E-state index in [1.54, 1.807) is 23.4 Å². The Hall–Kier alpha value is -2.49. The molecule has 31 heavy (non-hydrogen) atoms. The Morgan fingerprint density at radius 2 is 2.06 bits per heavy atom. The minimum absolute atomic E-state index is 0.219. The standard InChI is InChI=1S/C21H26F3N5OS/c1-5-31-17-10-14(27(2)8-6-7-9-30)13-28(3)19(17)20-26-15-11-18(21(22,23)24)25-12-16(15)29(20)4/h9-13,19H,5-8H2,1-4H3. The normalized spacial score (nSPS) is 17.0. The number of rotatable bonds is 8. The minimum Gasteiger partial charge on any atom is -0.373 e. The number of aryl methyl sites for hydroxylation is 1. The summed E-state index contributed by atoms with van der Waals surface area (Å²) in [7, 11) is 5.72. The number of carbonyl (C=O) groups excluding carboxylic acids is 1. The highest BCUT2D eigenvalue weighted by Crippen LogP contribution is 2.40. The Labute approximate surface area is 183 Å². The number of nitrogens with zero attached hydrogens (tertiary/aromatic N) is 5. The van der Waals surface area contributed by atoms with E-state index in [1.807, 2.05) is 25.2 Å². The van der Waals surface area contributed by atoms with Gasteiger partial charge in [0.15, 0.2) is 0 Å². The van der Waals surface area contributed by atoms with Gasteiger partial charge in [0, 0.05) is 45.2 Å². The molecular formula is C21H26F3N5OS. The Morgan fingerprint density at radius 3 is 2.71 bits per heavy atom. The fourth-order valence-electron chi connectivity index (χ4n) is 3.60. The summed E-state index contributed by atoms with van der Waals surface area (Å²) in [6.07, 6.45) is 3.03. The number of hydrogen-bond acceptors (Lipinski definition) is 6. The summed E-state index contributed by atoms with van der Waals surface area (Å²) in [5.74, 6) is 1.51. The van der Waals surface area contributed by atoms with Crippen LogP contribution in [0, 0.1) is 0 Å². The number of carbonyl (C=O) groups is 1. The number of allylic oxidation sites excluding steroid dienone is 1. The van der Waals surface area contributed by atoms with Crippen LogP contribution in [0.4, 0.5) is 13.2 Å². The highest BCUT2D eigenvalue weighted by molar-refractivity contribution is 8.03. The van der Waals surface area contributed by atoms with E-state index in [0.29, 0.717) is 17.8 Å². The lowest BCUT2D eigenvalue weighted by atomic mass is 10.1. The molecule has 2 aromatic rings. The molecule has 0 amide bonds. The van der Waals surface area contributed by atoms with Crippen LogP contribution in [0.5, 0.6) is 0 Å². The van der Waals surface area contributed by atoms with E-state index < -0.39 is 11.9 Å². The summed E-state index contributed by atoms with van der Waals surface area (Å²) >= 11 is 1.68. The van der Waals surface area contributed by atoms with E-state index in [9.17, 15) is 18.0 Å². The van der Waals surface area contributed by atoms with Gasteiger partial charge in [0.1, 0.15) is 23.8 Å². The molecule has 0 aliphatic carbocycles. The van der Waals surface area contributed by atoms with Crippen molar-refractivity contribution >= 4 is 29.1 Å². The predicted molar refractivity (Wildman–Crippen MR) is 116 cm³/mol. The molecule has 1 atom stereocenters. The SMILES string of the molecule is CCSC1=CC(N(C)CCCC=O)=CN(C)C1c1nc2cc(C(F)(F)F)ncc2n1C. The number of pyridine rings is 1. The van der Waals surface area contributed by atoms with Gasteiger partial charge in [-0.25, -0.2) is 9.97 Å². The summed E-state index contributed by atoms with van der Waals surface area (Å²) < 4.78 is 41.1. The quantitative estimate of drug-likeness (QED) is 0.437. The van der Waals surface area contributed by atoms with E-state index in [4.69, 9.17) is 0 Å². The second kappa shape index (κ2) is 9.33. The third-order valence-corrected chi connectivity index (χ3v) is 6.17. The van der Waals surface area contributed by atoms with Crippen molar-refractivity contribution in [3.63, 3.8) is 0 Å². The van der Waals surface area contributed by atoms with Crippen molar-refractivity contribution in [1.82, 2.24) is 24.3 Å². The zero-order valence-electron chi connectivity index (χ0n) is 18.0. The smallest absolute Gasteiger partial charge is 0.373 e. The van der Waals surface area contributed by atoms with Crippen molar-refractivity contribution < 1.29 is 18.0 Å². The molecule has 2 aromatic heterocycles. The van der Waals surface area contributed by atoms with Crippen LogP contribution in [0.25, 0.3) is 11.0 Å². The first-order chi connectivity index (χ1) is 14.7. The first-order valence-corrected chi connectivity index (χ1v) is 11.0. The number of unbranched alkanes of at least 4 members (excludes halogenated alkanes) is 1. The van der Waals surface area contributed by atoms with Gasteiger partial charge < -0.3 is 19.2 Å². The van der Waals surface area contributed by atoms with Crippen molar-refractivity contribution in [3.8, 4) is 0 Å². The van der Waals surface area contributed by atoms with Crippen LogP contribution in [0.15, 0.2) is 35.1 Å². The molecule has 0 saturated heterocycles. The lowest BCUT2D eigenvalue weighted by molar-refractivity contribution is -0.141. The second-order valence-electron chi connectivity index (χ2n) is 7.42. The fraction of sp³-hybridized carbons (Fsp3) is 0.476. The Bertz CT molecular complexity index is 1010. The molecule has 6 nitrogen and oxygen atoms in total. The number of aldehydes is 1. The maximum absolute atomic E-state index is 13.1. The van der Waals surface area contributed by atoms with E-state index in [0.717, 1.165) is 41.7 Å². The van der Waals surface area contributed by atoms with Crippen molar-refractivity contribution in [2.75, 3.05) is 26.4 Å². The molecule has 0 saturated carbocycles. The molecule has 3 heterocycles. The molecule has 0 aromatic carbocycles. The van der Waals surface area contributed by atoms with Crippen LogP contribution >= 0.6 is 11.8 Å². The Morgan fingerprint density at radius 1 is 1.32 bits per heavy atom. The fourth-order valence-corrected chi connectivity index (χ4v) is 4.57. The molecule has 10 heteroatoms. The van der Waals surface area contributed by atoms with Gasteiger partial charge in [0.25, 0.3) is 0 Å². The van der Waals surface area contributed by atoms with Crippen LogP contribution in [-0.4, -0.2) is 57.0 Å². The van der Waals surface area contributed by atoms with Crippen LogP contribution in [0.3, 0.4) is 0 Å². The lowest BCUT2D eigenvalue weighted by Crippen LogP contribution is -2.30. The van der Waals surface area contributed by atoms with Crippen molar-refractivity contribution in [3.05, 3.63) is 46.7 Å². The summed E-state index contributed by atoms with van der Waals surface area (Å²) in [5, 5.41) is 0. The summed E-state index contributed by atoms with van der Waals surface area (Å²) in [6, 6.07) is 0.781. The third kappa shape index (κ3) is 4.89. The third-order valence-electron chi connectivity index (χ3n) is 5.21. The number of imidazole rings is 1. The van der Waals surface area contributed by atoms with Gasteiger partial charge in [0.05, 0.1) is 22.9 Å². The van der Waals surface area contributed by atoms with Crippen LogP contribution in [0.2, 0.25) is 0 Å². The monoisotopic (exact) mass is 453 g/mol. The predicted octanol–water partition coefficient (Wildman–Crippen LogP) is 4.36. The van der Waals surface area contributed by atoms with Crippen LogP contribution < -0.4 is 0 Å². The van der Waals surface area contributed by atoms with Gasteiger partial charge in [0.2, 0.25) is 0 Å². The largest absolute Gasteiger partial charge is 0.433 e. The summed E-state index contributed by atoms with van der Waals surface area (Å²) in [6.45, 7) is 2.81. The van der Waals surface area contributed by atoms with Gasteiger partial charge in [-0.3, -0.25) is 0 Å². The summed E-state index contributed by atoms with van der Waals surface area (Å²) in [5.41, 5.74) is 0.896. The van der Waals surface area contributed by atoms with Gasteiger partial charge in [-0.15, -0.1) is 11.8 Å². The highest BCUT2D eigenvalue weighted by Gasteiger charge is 2.34. The molecule has 0 bridgehead atoms. The molecule has 168 valence electrons. The Kier molecular flexibility index (Phi) is 6.98. The highest BCUT2D eigenvalue weighted by atomic mass is 32.2. The number of aromatic nitrogens is 3. The zero-order valence-corrected chi connectivity index (χ0v) is 18.8. The Balaban J connectivity index is 1.98. The van der Waals surface area contributed by atoms with E-state index in [-0.39, 0.29) is 11.6 Å². The van der Waals surface area contributed by atoms with Gasteiger partial charge in [-0.1, -0.05) is 6.92 Å². The number of fused-ring (bicyclic) bond motifs is 1. The van der Waals surface area contributed by atoms with Crippen molar-refractivity contribution in [2.45, 2.75) is 32.0 Å². The van der Waals surface area contributed by atoms with Crippen molar-refractivity contribution in [2.24, 2.45) is 7.05 Å². The molecule has 1 aliphatic rings. The van der Waals surface area contributed by atoms with E-state index in [1.165, 1.54) is 6.20 Å². The average molecular weight is 454 g/mol. The number of alkyl halides is 3. The van der Waals surface area contributed by atoms with Crippen molar-refractivity contribution in [1.29, 1.82) is 0 Å². The number of likely N-dealkylation sites (N-methyl/N-ethyl adjacent to an activating group) is 2.